The molecular formula is C21H17N5O4S2. The zero-order chi connectivity index (χ0) is 22.5. The summed E-state index contributed by atoms with van der Waals surface area (Å²) in [5.41, 5.74) is 2.70. The number of nitro benzene ring substituents is 1. The summed E-state index contributed by atoms with van der Waals surface area (Å²) in [6.07, 6.45) is 1.43. The van der Waals surface area contributed by atoms with E-state index >= 15 is 0 Å². The number of hydrogen-bond acceptors (Lipinski definition) is 9. The van der Waals surface area contributed by atoms with Gasteiger partial charge in [-0.05, 0) is 54.9 Å². The van der Waals surface area contributed by atoms with Gasteiger partial charge in [-0.2, -0.15) is 4.37 Å². The summed E-state index contributed by atoms with van der Waals surface area (Å²) in [6, 6.07) is 13.3. The van der Waals surface area contributed by atoms with E-state index in [2.05, 4.69) is 19.7 Å². The lowest BCUT2D eigenvalue weighted by molar-refractivity contribution is -0.384. The second-order valence-electron chi connectivity index (χ2n) is 6.49. The molecule has 0 aliphatic carbocycles. The molecule has 0 radical (unpaired) electrons. The van der Waals surface area contributed by atoms with Crippen LogP contribution in [0.2, 0.25) is 0 Å². The Morgan fingerprint density at radius 3 is 2.59 bits per heavy atom. The van der Waals surface area contributed by atoms with Crippen molar-refractivity contribution < 1.29 is 14.5 Å². The van der Waals surface area contributed by atoms with Gasteiger partial charge in [0.05, 0.1) is 17.3 Å². The lowest BCUT2D eigenvalue weighted by atomic mass is 10.1. The minimum absolute atomic E-state index is 0.0118. The number of nitrogens with zero attached hydrogens (tertiary/aromatic N) is 4. The molecule has 4 rings (SSSR count). The highest BCUT2D eigenvalue weighted by atomic mass is 32.2. The van der Waals surface area contributed by atoms with E-state index in [1.165, 1.54) is 41.8 Å². The maximum Gasteiger partial charge on any atom is 0.269 e. The predicted molar refractivity (Wildman–Crippen MR) is 124 cm³/mol. The molecule has 1 amide bonds. The van der Waals surface area contributed by atoms with E-state index in [1.807, 2.05) is 6.92 Å². The number of fused-ring (bicyclic) bond motifs is 1. The van der Waals surface area contributed by atoms with Crippen molar-refractivity contribution in [1.82, 2.24) is 14.3 Å². The molecule has 32 heavy (non-hydrogen) atoms. The molecule has 0 unspecified atom stereocenters. The van der Waals surface area contributed by atoms with Crippen molar-refractivity contribution in [3.8, 4) is 17.0 Å². The molecule has 2 heterocycles. The third kappa shape index (κ3) is 4.84. The predicted octanol–water partition coefficient (Wildman–Crippen LogP) is 4.79. The Labute approximate surface area is 191 Å². The molecule has 1 N–H and O–H groups in total. The fourth-order valence-corrected chi connectivity index (χ4v) is 4.63. The van der Waals surface area contributed by atoms with Crippen molar-refractivity contribution in [2.24, 2.45) is 0 Å². The van der Waals surface area contributed by atoms with Crippen molar-refractivity contribution in [1.29, 1.82) is 0 Å². The number of aromatic nitrogens is 3. The van der Waals surface area contributed by atoms with Gasteiger partial charge in [0, 0.05) is 23.4 Å². The van der Waals surface area contributed by atoms with Crippen LogP contribution in [-0.4, -0.2) is 37.5 Å². The summed E-state index contributed by atoms with van der Waals surface area (Å²) >= 11 is 2.53. The van der Waals surface area contributed by atoms with Crippen LogP contribution in [0.15, 0.2) is 59.9 Å². The normalized spacial score (nSPS) is 10.8. The van der Waals surface area contributed by atoms with E-state index in [9.17, 15) is 14.9 Å². The Kier molecular flexibility index (Phi) is 6.57. The molecule has 2 aromatic carbocycles. The number of benzene rings is 2. The van der Waals surface area contributed by atoms with Crippen LogP contribution in [0, 0.1) is 10.1 Å². The van der Waals surface area contributed by atoms with Crippen molar-refractivity contribution in [3.63, 3.8) is 0 Å². The summed E-state index contributed by atoms with van der Waals surface area (Å²) < 4.78 is 10.6. The van der Waals surface area contributed by atoms with Crippen molar-refractivity contribution in [2.45, 2.75) is 11.9 Å². The van der Waals surface area contributed by atoms with Gasteiger partial charge in [-0.25, -0.2) is 9.97 Å². The quantitative estimate of drug-likeness (QED) is 0.170. The second-order valence-corrected chi connectivity index (χ2v) is 8.22. The van der Waals surface area contributed by atoms with Crippen molar-refractivity contribution in [3.05, 3.63) is 65.0 Å². The SMILES string of the molecule is CCOc1ccc(NC(=O)CSc2ncnc3c(-c4ccc([N+](=O)[O-])cc4)nsc23)cc1. The average Bonchev–Trinajstić information content (AvgIpc) is 3.24. The molecule has 4 aromatic rings. The molecule has 0 spiro atoms. The monoisotopic (exact) mass is 467 g/mol. The first-order chi connectivity index (χ1) is 15.5. The zero-order valence-electron chi connectivity index (χ0n) is 16.8. The minimum atomic E-state index is -0.446. The van der Waals surface area contributed by atoms with Crippen LogP contribution in [0.4, 0.5) is 11.4 Å². The van der Waals surface area contributed by atoms with E-state index in [0.717, 1.165) is 16.0 Å². The maximum absolute atomic E-state index is 12.4. The maximum atomic E-state index is 12.4. The molecule has 0 fully saturated rings. The molecule has 2 aromatic heterocycles. The number of carbonyl (C=O) groups is 1. The van der Waals surface area contributed by atoms with Crippen molar-refractivity contribution in [2.75, 3.05) is 17.7 Å². The first kappa shape index (κ1) is 21.7. The van der Waals surface area contributed by atoms with Gasteiger partial charge in [-0.3, -0.25) is 14.9 Å². The van der Waals surface area contributed by atoms with Gasteiger partial charge in [-0.1, -0.05) is 11.8 Å². The number of rotatable bonds is 8. The summed E-state index contributed by atoms with van der Waals surface area (Å²) in [4.78, 5) is 31.4. The van der Waals surface area contributed by atoms with E-state index in [0.29, 0.717) is 28.5 Å². The zero-order valence-corrected chi connectivity index (χ0v) is 18.5. The van der Waals surface area contributed by atoms with Gasteiger partial charge < -0.3 is 10.1 Å². The molecule has 0 aliphatic heterocycles. The number of carbonyl (C=O) groups excluding carboxylic acids is 1. The summed E-state index contributed by atoms with van der Waals surface area (Å²) in [5, 5.41) is 14.4. The van der Waals surface area contributed by atoms with Gasteiger partial charge in [0.15, 0.2) is 0 Å². The largest absolute Gasteiger partial charge is 0.494 e. The average molecular weight is 468 g/mol. The summed E-state index contributed by atoms with van der Waals surface area (Å²) in [6.45, 7) is 2.49. The van der Waals surface area contributed by atoms with Gasteiger partial charge >= 0.3 is 0 Å². The Morgan fingerprint density at radius 1 is 1.16 bits per heavy atom. The molecule has 0 aliphatic rings. The number of amides is 1. The van der Waals surface area contributed by atoms with Gasteiger partial charge in [0.1, 0.15) is 33.0 Å². The number of nitrogens with one attached hydrogen (secondary N) is 1. The molecule has 0 bridgehead atoms. The Morgan fingerprint density at radius 2 is 1.91 bits per heavy atom. The molecule has 0 saturated heterocycles. The molecule has 162 valence electrons. The first-order valence-corrected chi connectivity index (χ1v) is 11.3. The summed E-state index contributed by atoms with van der Waals surface area (Å²) in [7, 11) is 0. The van der Waals surface area contributed by atoms with Crippen LogP contribution in [-0.2, 0) is 4.79 Å². The van der Waals surface area contributed by atoms with Crippen LogP contribution in [0.1, 0.15) is 6.92 Å². The molecule has 9 nitrogen and oxygen atoms in total. The van der Waals surface area contributed by atoms with Gasteiger partial charge in [0.25, 0.3) is 5.69 Å². The number of anilines is 1. The highest BCUT2D eigenvalue weighted by Gasteiger charge is 2.16. The lowest BCUT2D eigenvalue weighted by Gasteiger charge is -2.07. The fourth-order valence-electron chi connectivity index (χ4n) is 2.91. The Balaban J connectivity index is 1.45. The minimum Gasteiger partial charge on any atom is -0.494 e. The summed E-state index contributed by atoms with van der Waals surface area (Å²) in [5.74, 6) is 0.757. The first-order valence-electron chi connectivity index (χ1n) is 9.56. The molecule has 11 heteroatoms. The highest BCUT2D eigenvalue weighted by molar-refractivity contribution is 8.00. The number of nitro groups is 1. The standard InChI is InChI=1S/C21H17N5O4S2/c1-2-30-16-9-5-14(6-10-16)24-17(27)11-31-21-20-19(22-12-23-21)18(25-32-20)13-3-7-15(8-4-13)26(28)29/h3-10,12H,2,11H2,1H3,(H,24,27). The smallest absolute Gasteiger partial charge is 0.269 e. The van der Waals surface area contributed by atoms with Crippen LogP contribution in [0.5, 0.6) is 5.75 Å². The van der Waals surface area contributed by atoms with E-state index in [4.69, 9.17) is 4.74 Å². The van der Waals surface area contributed by atoms with Crippen LogP contribution >= 0.6 is 23.3 Å². The fraction of sp³-hybridized carbons (Fsp3) is 0.143. The Hall–Kier alpha value is -3.57. The number of hydrogen-bond donors (Lipinski definition) is 1. The van der Waals surface area contributed by atoms with Crippen LogP contribution in [0.25, 0.3) is 21.5 Å². The molecule has 0 atom stereocenters. The third-order valence-electron chi connectivity index (χ3n) is 4.36. The Bertz CT molecular complexity index is 1260. The number of ether oxygens (including phenoxy) is 1. The topological polar surface area (TPSA) is 120 Å². The van der Waals surface area contributed by atoms with E-state index in [1.54, 1.807) is 36.4 Å². The molecular weight excluding hydrogens is 450 g/mol. The van der Waals surface area contributed by atoms with Crippen LogP contribution in [0.3, 0.4) is 0 Å². The van der Waals surface area contributed by atoms with Crippen molar-refractivity contribution >= 4 is 50.8 Å². The van der Waals surface area contributed by atoms with E-state index < -0.39 is 4.92 Å². The van der Waals surface area contributed by atoms with Gasteiger partial charge in [-0.15, -0.1) is 0 Å². The number of thioether (sulfide) groups is 1. The third-order valence-corrected chi connectivity index (χ3v) is 6.33. The van der Waals surface area contributed by atoms with Crippen LogP contribution < -0.4 is 10.1 Å². The van der Waals surface area contributed by atoms with E-state index in [-0.39, 0.29) is 17.3 Å². The second kappa shape index (κ2) is 9.71. The highest BCUT2D eigenvalue weighted by Crippen LogP contribution is 2.34. The lowest BCUT2D eigenvalue weighted by Crippen LogP contribution is -2.14. The number of non-ortho nitro benzene ring substituents is 1. The molecule has 0 saturated carbocycles. The van der Waals surface area contributed by atoms with Gasteiger partial charge in [0.2, 0.25) is 5.91 Å².